The van der Waals surface area contributed by atoms with Crippen LogP contribution < -0.4 is 5.32 Å². The van der Waals surface area contributed by atoms with Crippen LogP contribution in [0.1, 0.15) is 4.88 Å². The highest BCUT2D eigenvalue weighted by molar-refractivity contribution is 8.19. The molecule has 2 nitrogen and oxygen atoms in total. The van der Waals surface area contributed by atoms with Crippen LogP contribution in [0.3, 0.4) is 0 Å². The molecule has 1 fully saturated rings. The van der Waals surface area contributed by atoms with Crippen molar-refractivity contribution >= 4 is 51.6 Å². The molecule has 1 aromatic heterocycles. The number of carbonyl (C=O) groups excluding carboxylic acids is 1. The fourth-order valence-electron chi connectivity index (χ4n) is 1.74. The highest BCUT2D eigenvalue weighted by atomic mass is 32.2. The Balaban J connectivity index is 1.89. The normalized spacial score (nSPS) is 16.9. The predicted molar refractivity (Wildman–Crippen MR) is 86.5 cm³/mol. The van der Waals surface area contributed by atoms with E-state index in [1.807, 2.05) is 30.3 Å². The van der Waals surface area contributed by atoms with Gasteiger partial charge in [-0.25, -0.2) is 0 Å². The molecule has 1 amide bonds. The number of amides is 1. The van der Waals surface area contributed by atoms with Gasteiger partial charge in [0.2, 0.25) is 0 Å². The second-order valence-electron chi connectivity index (χ2n) is 3.92. The molecule has 1 saturated heterocycles. The van der Waals surface area contributed by atoms with Gasteiger partial charge in [0.1, 0.15) is 4.99 Å². The highest BCUT2D eigenvalue weighted by Crippen LogP contribution is 2.32. The lowest BCUT2D eigenvalue weighted by molar-refractivity contribution is 0.265. The standard InChI is InChI=1S/C14H9NOS3/c16-14-15-13(17)12(19-14)8-10-6-7-11(18-10)9-4-2-1-3-5-9/h1-8H,(H,15,16,17)/b12-8+. The number of nitrogens with one attached hydrogen (secondary N) is 1. The summed E-state index contributed by atoms with van der Waals surface area (Å²) in [6.45, 7) is 0. The quantitative estimate of drug-likeness (QED) is 0.652. The molecule has 0 aliphatic carbocycles. The van der Waals surface area contributed by atoms with Gasteiger partial charge < -0.3 is 5.32 Å². The van der Waals surface area contributed by atoms with Gasteiger partial charge in [-0.05, 0) is 35.5 Å². The smallest absolute Gasteiger partial charge is 0.289 e. The molecule has 0 saturated carbocycles. The number of rotatable bonds is 2. The maximum Gasteiger partial charge on any atom is 0.289 e. The first kappa shape index (κ1) is 12.6. The van der Waals surface area contributed by atoms with Gasteiger partial charge in [-0.1, -0.05) is 42.5 Å². The van der Waals surface area contributed by atoms with Gasteiger partial charge in [0.25, 0.3) is 5.24 Å². The summed E-state index contributed by atoms with van der Waals surface area (Å²) in [5.74, 6) is 0. The van der Waals surface area contributed by atoms with Gasteiger partial charge >= 0.3 is 0 Å². The number of thiocarbonyl (C=S) groups is 1. The Hall–Kier alpha value is -1.43. The number of thioether (sulfide) groups is 1. The molecular weight excluding hydrogens is 294 g/mol. The number of carbonyl (C=O) groups is 1. The molecule has 0 bridgehead atoms. The molecule has 94 valence electrons. The highest BCUT2D eigenvalue weighted by Gasteiger charge is 2.21. The summed E-state index contributed by atoms with van der Waals surface area (Å²) in [5.41, 5.74) is 1.20. The predicted octanol–water partition coefficient (Wildman–Crippen LogP) is 4.54. The van der Waals surface area contributed by atoms with Crippen molar-refractivity contribution in [2.75, 3.05) is 0 Å². The van der Waals surface area contributed by atoms with Gasteiger partial charge in [-0.15, -0.1) is 11.3 Å². The average Bonchev–Trinajstić information content (AvgIpc) is 2.99. The topological polar surface area (TPSA) is 29.1 Å². The van der Waals surface area contributed by atoms with Crippen LogP contribution in [0.4, 0.5) is 4.79 Å². The minimum atomic E-state index is -0.101. The van der Waals surface area contributed by atoms with E-state index in [0.717, 1.165) is 21.5 Å². The van der Waals surface area contributed by atoms with Crippen molar-refractivity contribution < 1.29 is 4.79 Å². The van der Waals surface area contributed by atoms with Crippen LogP contribution in [0.25, 0.3) is 16.5 Å². The van der Waals surface area contributed by atoms with Gasteiger partial charge in [0, 0.05) is 9.75 Å². The first-order chi connectivity index (χ1) is 9.22. The van der Waals surface area contributed by atoms with Crippen LogP contribution >= 0.6 is 35.3 Å². The molecule has 0 radical (unpaired) electrons. The van der Waals surface area contributed by atoms with E-state index in [0.29, 0.717) is 4.99 Å². The fourth-order valence-corrected chi connectivity index (χ4v) is 3.79. The third kappa shape index (κ3) is 2.78. The van der Waals surface area contributed by atoms with Crippen molar-refractivity contribution in [1.29, 1.82) is 0 Å². The summed E-state index contributed by atoms with van der Waals surface area (Å²) < 4.78 is 0. The lowest BCUT2D eigenvalue weighted by Crippen LogP contribution is -2.15. The molecule has 19 heavy (non-hydrogen) atoms. The summed E-state index contributed by atoms with van der Waals surface area (Å²) in [5, 5.41) is 2.52. The number of thiophene rings is 1. The number of hydrogen-bond acceptors (Lipinski definition) is 4. The second-order valence-corrected chi connectivity index (χ2v) is 6.46. The van der Waals surface area contributed by atoms with Crippen molar-refractivity contribution in [1.82, 2.24) is 5.32 Å². The van der Waals surface area contributed by atoms with E-state index in [1.54, 1.807) is 11.3 Å². The number of hydrogen-bond donors (Lipinski definition) is 1. The maximum atomic E-state index is 11.2. The molecule has 5 heteroatoms. The Labute approximate surface area is 124 Å². The van der Waals surface area contributed by atoms with E-state index in [-0.39, 0.29) is 5.24 Å². The monoisotopic (exact) mass is 303 g/mol. The van der Waals surface area contributed by atoms with Crippen molar-refractivity contribution in [2.24, 2.45) is 0 Å². The van der Waals surface area contributed by atoms with Crippen LogP contribution in [0.15, 0.2) is 47.4 Å². The zero-order valence-corrected chi connectivity index (χ0v) is 12.2. The first-order valence-corrected chi connectivity index (χ1v) is 7.66. The maximum absolute atomic E-state index is 11.2. The summed E-state index contributed by atoms with van der Waals surface area (Å²) in [6.07, 6.45) is 1.96. The van der Waals surface area contributed by atoms with E-state index in [2.05, 4.69) is 23.5 Å². The molecular formula is C14H9NOS3. The Morgan fingerprint density at radius 3 is 2.58 bits per heavy atom. The molecule has 1 N–H and O–H groups in total. The third-order valence-corrected chi connectivity index (χ3v) is 4.96. The summed E-state index contributed by atoms with van der Waals surface area (Å²) in [4.78, 5) is 14.9. The van der Waals surface area contributed by atoms with Crippen LogP contribution in [0, 0.1) is 0 Å². The minimum Gasteiger partial charge on any atom is -0.307 e. The van der Waals surface area contributed by atoms with Crippen molar-refractivity contribution in [3.63, 3.8) is 0 Å². The molecule has 2 aromatic rings. The minimum absolute atomic E-state index is 0.101. The summed E-state index contributed by atoms with van der Waals surface area (Å²) in [7, 11) is 0. The molecule has 1 aromatic carbocycles. The zero-order chi connectivity index (χ0) is 13.2. The average molecular weight is 303 g/mol. The molecule has 1 aliphatic heterocycles. The Morgan fingerprint density at radius 2 is 1.89 bits per heavy atom. The largest absolute Gasteiger partial charge is 0.307 e. The molecule has 3 rings (SSSR count). The van der Waals surface area contributed by atoms with Crippen LogP contribution in [-0.4, -0.2) is 10.2 Å². The third-order valence-electron chi connectivity index (χ3n) is 2.60. The van der Waals surface area contributed by atoms with E-state index in [4.69, 9.17) is 12.2 Å². The molecule has 0 atom stereocenters. The van der Waals surface area contributed by atoms with Crippen LogP contribution in [0.2, 0.25) is 0 Å². The lowest BCUT2D eigenvalue weighted by Gasteiger charge is -1.95. The van der Waals surface area contributed by atoms with E-state index >= 15 is 0 Å². The van der Waals surface area contributed by atoms with Gasteiger partial charge in [0.15, 0.2) is 0 Å². The van der Waals surface area contributed by atoms with E-state index in [9.17, 15) is 4.79 Å². The van der Waals surface area contributed by atoms with Gasteiger partial charge in [-0.3, -0.25) is 4.79 Å². The van der Waals surface area contributed by atoms with Crippen LogP contribution in [0.5, 0.6) is 0 Å². The summed E-state index contributed by atoms with van der Waals surface area (Å²) in [6, 6.07) is 14.4. The van der Waals surface area contributed by atoms with Crippen molar-refractivity contribution in [3.8, 4) is 10.4 Å². The Kier molecular flexibility index (Phi) is 3.50. The van der Waals surface area contributed by atoms with Crippen molar-refractivity contribution in [2.45, 2.75) is 0 Å². The Bertz CT molecular complexity index is 673. The second kappa shape index (κ2) is 5.28. The number of benzene rings is 1. The lowest BCUT2D eigenvalue weighted by atomic mass is 10.2. The van der Waals surface area contributed by atoms with Gasteiger partial charge in [-0.2, -0.15) is 0 Å². The van der Waals surface area contributed by atoms with Crippen molar-refractivity contribution in [3.05, 3.63) is 52.2 Å². The Morgan fingerprint density at radius 1 is 1.11 bits per heavy atom. The van der Waals surface area contributed by atoms with Crippen LogP contribution in [-0.2, 0) is 0 Å². The zero-order valence-electron chi connectivity index (χ0n) is 9.75. The SMILES string of the molecule is O=C1NC(=S)/C(=C\c2ccc(-c3ccccc3)s2)S1. The molecule has 0 unspecified atom stereocenters. The van der Waals surface area contributed by atoms with E-state index < -0.39 is 0 Å². The molecule has 1 aliphatic rings. The van der Waals surface area contributed by atoms with Gasteiger partial charge in [0.05, 0.1) is 4.91 Å². The molecule has 0 spiro atoms. The fraction of sp³-hybridized carbons (Fsp3) is 0. The van der Waals surface area contributed by atoms with E-state index in [1.165, 1.54) is 10.4 Å². The molecule has 2 heterocycles. The summed E-state index contributed by atoms with van der Waals surface area (Å²) >= 11 is 7.94. The first-order valence-electron chi connectivity index (χ1n) is 5.62.